The third kappa shape index (κ3) is 3.70. The van der Waals surface area contributed by atoms with E-state index >= 15 is 0 Å². The van der Waals surface area contributed by atoms with Crippen LogP contribution in [0.4, 0.5) is 0 Å². The molecular weight excluding hydrogens is 334 g/mol. The largest absolute Gasteiger partial charge is 0.481 e. The molecule has 0 unspecified atom stereocenters. The fourth-order valence-corrected chi connectivity index (χ4v) is 3.41. The smallest absolute Gasteiger partial charge is 0.272 e. The van der Waals surface area contributed by atoms with Gasteiger partial charge in [0.1, 0.15) is 5.82 Å². The van der Waals surface area contributed by atoms with Crippen LogP contribution in [0.5, 0.6) is 5.88 Å². The van der Waals surface area contributed by atoms with Crippen molar-refractivity contribution < 1.29 is 14.3 Å². The number of fused-ring (bicyclic) bond motifs is 1. The van der Waals surface area contributed by atoms with Crippen molar-refractivity contribution in [3.8, 4) is 5.88 Å². The Kier molecular flexibility index (Phi) is 5.22. The standard InChI is InChI=1S/C18H25N5O3/c1-10-8-15(25-5)21-14(20-10)6-7-19-18(24)16-13-9-11(2)26-12(3)17(13)23(4)22-16/h8,11-12H,6-7,9H2,1-5H3,(H,19,24)/t11-,12+/m0/s1. The second-order valence-electron chi connectivity index (χ2n) is 6.60. The zero-order valence-electron chi connectivity index (χ0n) is 15.9. The van der Waals surface area contributed by atoms with Gasteiger partial charge in [0.05, 0.1) is 25.0 Å². The van der Waals surface area contributed by atoms with Gasteiger partial charge in [-0.15, -0.1) is 0 Å². The summed E-state index contributed by atoms with van der Waals surface area (Å²) in [4.78, 5) is 21.3. The summed E-state index contributed by atoms with van der Waals surface area (Å²) in [5.41, 5.74) is 3.26. The van der Waals surface area contributed by atoms with E-state index in [0.717, 1.165) is 17.0 Å². The van der Waals surface area contributed by atoms with E-state index in [0.29, 0.717) is 36.8 Å². The van der Waals surface area contributed by atoms with Gasteiger partial charge in [0.2, 0.25) is 5.88 Å². The molecule has 1 aliphatic rings. The number of amides is 1. The van der Waals surface area contributed by atoms with Crippen LogP contribution in [0.15, 0.2) is 6.07 Å². The molecule has 140 valence electrons. The highest BCUT2D eigenvalue weighted by atomic mass is 16.5. The average molecular weight is 359 g/mol. The van der Waals surface area contributed by atoms with Gasteiger partial charge >= 0.3 is 0 Å². The first-order valence-corrected chi connectivity index (χ1v) is 8.77. The summed E-state index contributed by atoms with van der Waals surface area (Å²) in [6.07, 6.45) is 1.21. The molecule has 26 heavy (non-hydrogen) atoms. The predicted molar refractivity (Wildman–Crippen MR) is 95.2 cm³/mol. The first-order chi connectivity index (χ1) is 12.4. The molecule has 0 bridgehead atoms. The fourth-order valence-electron chi connectivity index (χ4n) is 3.41. The molecule has 8 nitrogen and oxygen atoms in total. The summed E-state index contributed by atoms with van der Waals surface area (Å²) in [6, 6.07) is 1.77. The molecule has 1 N–H and O–H groups in total. The van der Waals surface area contributed by atoms with Crippen molar-refractivity contribution in [3.63, 3.8) is 0 Å². The topological polar surface area (TPSA) is 91.2 Å². The number of ether oxygens (including phenoxy) is 2. The maximum atomic E-state index is 12.6. The highest BCUT2D eigenvalue weighted by Crippen LogP contribution is 2.31. The Bertz CT molecular complexity index is 817. The number of rotatable bonds is 5. The Balaban J connectivity index is 1.68. The van der Waals surface area contributed by atoms with Crippen LogP contribution in [-0.2, 0) is 24.6 Å². The van der Waals surface area contributed by atoms with Gasteiger partial charge in [0.15, 0.2) is 5.69 Å². The molecule has 3 heterocycles. The van der Waals surface area contributed by atoms with E-state index in [1.165, 1.54) is 0 Å². The molecule has 1 amide bonds. The molecule has 3 rings (SSSR count). The summed E-state index contributed by atoms with van der Waals surface area (Å²) in [5, 5.41) is 7.34. The van der Waals surface area contributed by atoms with Crippen molar-refractivity contribution in [2.75, 3.05) is 13.7 Å². The highest BCUT2D eigenvalue weighted by Gasteiger charge is 2.31. The van der Waals surface area contributed by atoms with E-state index in [-0.39, 0.29) is 18.1 Å². The molecule has 1 aliphatic heterocycles. The van der Waals surface area contributed by atoms with Crippen LogP contribution in [0.25, 0.3) is 0 Å². The first kappa shape index (κ1) is 18.3. The minimum Gasteiger partial charge on any atom is -0.481 e. The lowest BCUT2D eigenvalue weighted by atomic mass is 9.99. The number of aryl methyl sites for hydroxylation is 2. The number of carbonyl (C=O) groups is 1. The average Bonchev–Trinajstić information content (AvgIpc) is 2.91. The zero-order valence-corrected chi connectivity index (χ0v) is 15.9. The maximum absolute atomic E-state index is 12.6. The van der Waals surface area contributed by atoms with Gasteiger partial charge in [-0.3, -0.25) is 9.48 Å². The van der Waals surface area contributed by atoms with Crippen LogP contribution in [-0.4, -0.2) is 45.4 Å². The maximum Gasteiger partial charge on any atom is 0.272 e. The fraction of sp³-hybridized carbons (Fsp3) is 0.556. The number of carbonyl (C=O) groups excluding carboxylic acids is 1. The van der Waals surface area contributed by atoms with Crippen molar-refractivity contribution in [2.24, 2.45) is 7.05 Å². The van der Waals surface area contributed by atoms with Crippen molar-refractivity contribution in [1.29, 1.82) is 0 Å². The van der Waals surface area contributed by atoms with Crippen molar-refractivity contribution >= 4 is 5.91 Å². The van der Waals surface area contributed by atoms with Crippen molar-refractivity contribution in [1.82, 2.24) is 25.1 Å². The Hall–Kier alpha value is -2.48. The Morgan fingerprint density at radius 2 is 2.19 bits per heavy atom. The molecule has 0 aromatic carbocycles. The third-order valence-electron chi connectivity index (χ3n) is 4.44. The normalized spacial score (nSPS) is 19.1. The van der Waals surface area contributed by atoms with Gasteiger partial charge in [-0.05, 0) is 20.8 Å². The lowest BCUT2D eigenvalue weighted by molar-refractivity contribution is -0.00902. The van der Waals surface area contributed by atoms with Crippen LogP contribution < -0.4 is 10.1 Å². The lowest BCUT2D eigenvalue weighted by Gasteiger charge is -2.26. The van der Waals surface area contributed by atoms with E-state index in [9.17, 15) is 4.79 Å². The summed E-state index contributed by atoms with van der Waals surface area (Å²) in [6.45, 7) is 6.31. The summed E-state index contributed by atoms with van der Waals surface area (Å²) < 4.78 is 12.7. The van der Waals surface area contributed by atoms with Crippen LogP contribution in [0.3, 0.4) is 0 Å². The first-order valence-electron chi connectivity index (χ1n) is 8.77. The molecule has 0 saturated carbocycles. The third-order valence-corrected chi connectivity index (χ3v) is 4.44. The number of nitrogens with one attached hydrogen (secondary N) is 1. The van der Waals surface area contributed by atoms with Crippen molar-refractivity contribution in [3.05, 3.63) is 34.5 Å². The SMILES string of the molecule is COc1cc(C)nc(CCNC(=O)c2nn(C)c3c2C[C@H](C)O[C@@H]3C)n1. The molecular formula is C18H25N5O3. The molecule has 2 aromatic rings. The number of nitrogens with zero attached hydrogens (tertiary/aromatic N) is 4. The van der Waals surface area contributed by atoms with E-state index in [1.807, 2.05) is 27.8 Å². The summed E-state index contributed by atoms with van der Waals surface area (Å²) >= 11 is 0. The number of hydrogen-bond donors (Lipinski definition) is 1. The van der Waals surface area contributed by atoms with Crippen molar-refractivity contribution in [2.45, 2.75) is 45.8 Å². The number of methoxy groups -OCH3 is 1. The summed E-state index contributed by atoms with van der Waals surface area (Å²) in [7, 11) is 3.42. The molecule has 2 atom stereocenters. The monoisotopic (exact) mass is 359 g/mol. The van der Waals surface area contributed by atoms with E-state index in [4.69, 9.17) is 9.47 Å². The van der Waals surface area contributed by atoms with E-state index in [1.54, 1.807) is 17.9 Å². The Morgan fingerprint density at radius 3 is 2.92 bits per heavy atom. The van der Waals surface area contributed by atoms with Gasteiger partial charge in [0.25, 0.3) is 5.91 Å². The van der Waals surface area contributed by atoms with Gasteiger partial charge in [-0.1, -0.05) is 0 Å². The molecule has 0 spiro atoms. The van der Waals surface area contributed by atoms with Gasteiger partial charge in [0, 0.05) is 43.8 Å². The summed E-state index contributed by atoms with van der Waals surface area (Å²) in [5.74, 6) is 0.990. The Morgan fingerprint density at radius 1 is 1.42 bits per heavy atom. The second-order valence-corrected chi connectivity index (χ2v) is 6.60. The van der Waals surface area contributed by atoms with E-state index < -0.39 is 0 Å². The molecule has 0 saturated heterocycles. The molecule has 0 fully saturated rings. The lowest BCUT2D eigenvalue weighted by Crippen LogP contribution is -2.29. The zero-order chi connectivity index (χ0) is 18.8. The van der Waals surface area contributed by atoms with Crippen LogP contribution >= 0.6 is 0 Å². The van der Waals surface area contributed by atoms with Crippen LogP contribution in [0.1, 0.15) is 53.2 Å². The van der Waals surface area contributed by atoms with Crippen LogP contribution in [0, 0.1) is 6.92 Å². The number of aromatic nitrogens is 4. The minimum atomic E-state index is -0.178. The minimum absolute atomic E-state index is 0.0686. The Labute approximate surface area is 152 Å². The number of hydrogen-bond acceptors (Lipinski definition) is 6. The molecule has 8 heteroatoms. The quantitative estimate of drug-likeness (QED) is 0.870. The highest BCUT2D eigenvalue weighted by molar-refractivity contribution is 5.94. The second kappa shape index (κ2) is 7.41. The predicted octanol–water partition coefficient (Wildman–Crippen LogP) is 1.52. The molecule has 0 aliphatic carbocycles. The van der Waals surface area contributed by atoms with E-state index in [2.05, 4.69) is 20.4 Å². The molecule has 0 radical (unpaired) electrons. The molecule has 2 aromatic heterocycles. The van der Waals surface area contributed by atoms with Gasteiger partial charge in [-0.2, -0.15) is 10.1 Å². The van der Waals surface area contributed by atoms with Gasteiger partial charge < -0.3 is 14.8 Å². The van der Waals surface area contributed by atoms with Crippen LogP contribution in [0.2, 0.25) is 0 Å². The van der Waals surface area contributed by atoms with Gasteiger partial charge in [-0.25, -0.2) is 4.98 Å².